The zero-order valence-corrected chi connectivity index (χ0v) is 42.3. The van der Waals surface area contributed by atoms with Crippen molar-refractivity contribution in [1.29, 1.82) is 0 Å². The van der Waals surface area contributed by atoms with Crippen LogP contribution in [0.1, 0.15) is 153 Å². The average Bonchev–Trinajstić information content (AvgIpc) is 3.55. The second-order valence-electron chi connectivity index (χ2n) is 19.7. The molecule has 0 aromatic carbocycles. The Morgan fingerprint density at radius 3 is 2.23 bits per heavy atom. The van der Waals surface area contributed by atoms with Gasteiger partial charge in [0.05, 0.1) is 47.8 Å². The molecule has 0 aromatic rings. The van der Waals surface area contributed by atoms with Gasteiger partial charge in [0.15, 0.2) is 16.7 Å². The smallest absolute Gasteiger partial charge is 0.550 e. The van der Waals surface area contributed by atoms with Crippen LogP contribution in [0.3, 0.4) is 0 Å². The molecular formula is C47H79N2NaO10S. The molecule has 0 unspecified atom stereocenters. The summed E-state index contributed by atoms with van der Waals surface area (Å²) in [6.07, 6.45) is 9.17. The third kappa shape index (κ3) is 11.1. The van der Waals surface area contributed by atoms with Gasteiger partial charge in [-0.2, -0.15) is 0 Å². The van der Waals surface area contributed by atoms with Crippen molar-refractivity contribution in [3.05, 3.63) is 12.2 Å². The molecule has 2 spiro atoms. The third-order valence-electron chi connectivity index (χ3n) is 15.6. The normalized spacial score (nSPS) is 41.3. The monoisotopic (exact) mass is 887 g/mol. The average molecular weight is 887 g/mol. The first kappa shape index (κ1) is 52.9. The number of aliphatic carboxylic acids is 1. The Morgan fingerprint density at radius 1 is 0.934 bits per heavy atom. The predicted octanol–water partition coefficient (Wildman–Crippen LogP) is 3.13. The van der Waals surface area contributed by atoms with Crippen molar-refractivity contribution in [3.63, 3.8) is 0 Å². The van der Waals surface area contributed by atoms with Crippen molar-refractivity contribution < 1.29 is 78.2 Å². The van der Waals surface area contributed by atoms with Gasteiger partial charge in [-0.15, -0.1) is 0 Å². The molecule has 5 rings (SSSR count). The van der Waals surface area contributed by atoms with Crippen LogP contribution in [0.5, 0.6) is 0 Å². The van der Waals surface area contributed by atoms with Crippen LogP contribution in [-0.2, 0) is 33.3 Å². The molecule has 5 aliphatic heterocycles. The maximum absolute atomic E-state index is 14.7. The summed E-state index contributed by atoms with van der Waals surface area (Å²) in [5.41, 5.74) is -1.60. The topological polar surface area (TPSA) is 168 Å². The van der Waals surface area contributed by atoms with E-state index in [1.807, 2.05) is 40.7 Å². The van der Waals surface area contributed by atoms with E-state index < -0.39 is 82.9 Å². The number of nitrogens with one attached hydrogen (secondary N) is 2. The van der Waals surface area contributed by atoms with Gasteiger partial charge in [-0.1, -0.05) is 74.8 Å². The fourth-order valence-electron chi connectivity index (χ4n) is 11.2. The Bertz CT molecular complexity index is 1520. The number of carbonyl (C=O) groups excluding carboxylic acids is 2. The zero-order valence-electron chi connectivity index (χ0n) is 39.5. The zero-order chi connectivity index (χ0) is 44.4. The first-order valence-electron chi connectivity index (χ1n) is 23.5. The molecule has 61 heavy (non-hydrogen) atoms. The number of thiocarbonyl (C=S) groups is 1. The second kappa shape index (κ2) is 21.7. The molecule has 5 aliphatic rings. The summed E-state index contributed by atoms with van der Waals surface area (Å²) in [6.45, 7) is 22.7. The van der Waals surface area contributed by atoms with E-state index >= 15 is 0 Å². The minimum atomic E-state index is -1.21. The number of unbranched alkanes of at least 4 members (excludes halogenated alkanes) is 1. The number of rotatable bonds is 16. The van der Waals surface area contributed by atoms with Gasteiger partial charge in [0.1, 0.15) is 11.8 Å². The van der Waals surface area contributed by atoms with Crippen LogP contribution >= 0.6 is 12.2 Å². The van der Waals surface area contributed by atoms with Crippen LogP contribution in [0.25, 0.3) is 0 Å². The first-order chi connectivity index (χ1) is 28.2. The fourth-order valence-corrected chi connectivity index (χ4v) is 11.5. The van der Waals surface area contributed by atoms with Crippen LogP contribution in [0.2, 0.25) is 0 Å². The molecule has 0 bridgehead atoms. The Hall–Kier alpha value is -0.710. The molecule has 4 fully saturated rings. The van der Waals surface area contributed by atoms with Gasteiger partial charge in [0.2, 0.25) is 0 Å². The Balaban J connectivity index is 0.00000819. The van der Waals surface area contributed by atoms with Gasteiger partial charge in [-0.3, -0.25) is 4.79 Å². The standard InChI is InChI=1S/C47H80N2O10S.Na/c1-12-16-25-48-43(60)49-36-19-22-46(59-47(36)24-23-44(11,58-47)37-20-21-45(54,15-4)32(10)55-37)29(7)26-28(6)41(57-46)34(14-3)39(51)30(8)38(50)31(9)40-27(5)17-18-35(56-40)33(13-2)42(52)53;/h19,22,27-38,40-41,50,54H,12-18,20-21,23-26H2,1-11H3,(H,52,53)(H2,48,49,60);/q;+1/p-1/t27-,28-,29+,30-,31-,32-,33+,34-,35+,36-,37+,38+,40+,41-,44-,45+,46-,47-;/m0./s1. The van der Waals surface area contributed by atoms with Crippen molar-refractivity contribution in [1.82, 2.24) is 10.6 Å². The van der Waals surface area contributed by atoms with E-state index in [4.69, 9.17) is 35.9 Å². The minimum Gasteiger partial charge on any atom is -0.550 e. The van der Waals surface area contributed by atoms with E-state index in [0.717, 1.165) is 32.2 Å². The predicted molar refractivity (Wildman–Crippen MR) is 232 cm³/mol. The number of Topliss-reactive ketones (excluding diaryl/α,β-unsaturated/α-hetero) is 1. The van der Waals surface area contributed by atoms with E-state index in [2.05, 4.69) is 51.3 Å². The Labute approximate surface area is 394 Å². The van der Waals surface area contributed by atoms with E-state index in [-0.39, 0.29) is 65.3 Å². The largest absolute Gasteiger partial charge is 1.00 e. The molecule has 4 saturated heterocycles. The first-order valence-corrected chi connectivity index (χ1v) is 23.9. The van der Waals surface area contributed by atoms with Gasteiger partial charge in [-0.25, -0.2) is 0 Å². The molecule has 0 amide bonds. The van der Waals surface area contributed by atoms with Gasteiger partial charge >= 0.3 is 29.6 Å². The molecule has 0 aliphatic carbocycles. The minimum absolute atomic E-state index is 0. The van der Waals surface area contributed by atoms with Crippen LogP contribution in [0.4, 0.5) is 0 Å². The van der Waals surface area contributed by atoms with E-state index in [9.17, 15) is 24.9 Å². The number of hydrogen-bond donors (Lipinski definition) is 4. The molecule has 14 heteroatoms. The second-order valence-corrected chi connectivity index (χ2v) is 20.1. The summed E-state index contributed by atoms with van der Waals surface area (Å²) >= 11 is 5.79. The summed E-state index contributed by atoms with van der Waals surface area (Å²) in [4.78, 5) is 26.6. The van der Waals surface area contributed by atoms with Crippen molar-refractivity contribution in [3.8, 4) is 0 Å². The number of hydrogen-bond acceptors (Lipinski definition) is 11. The summed E-state index contributed by atoms with van der Waals surface area (Å²) < 4.78 is 34.7. The number of ketones is 1. The van der Waals surface area contributed by atoms with Crippen molar-refractivity contribution in [2.45, 2.75) is 219 Å². The van der Waals surface area contributed by atoms with E-state index in [0.29, 0.717) is 56.5 Å². The molecule has 18 atom stereocenters. The Morgan fingerprint density at radius 2 is 1.62 bits per heavy atom. The molecular weight excluding hydrogens is 808 g/mol. The van der Waals surface area contributed by atoms with E-state index in [1.165, 1.54) is 0 Å². The number of ether oxygens (including phenoxy) is 5. The quantitative estimate of drug-likeness (QED) is 0.0774. The molecule has 12 nitrogen and oxygen atoms in total. The number of aliphatic hydroxyl groups excluding tert-OH is 1. The maximum atomic E-state index is 14.7. The summed E-state index contributed by atoms with van der Waals surface area (Å²) in [7, 11) is 0. The van der Waals surface area contributed by atoms with Crippen LogP contribution < -0.4 is 45.3 Å². The molecule has 5 heterocycles. The molecule has 0 radical (unpaired) electrons. The Kier molecular flexibility index (Phi) is 18.8. The molecule has 4 N–H and O–H groups in total. The maximum Gasteiger partial charge on any atom is 1.00 e. The van der Waals surface area contributed by atoms with Crippen molar-refractivity contribution >= 4 is 29.1 Å². The van der Waals surface area contributed by atoms with Gasteiger partial charge in [-0.05, 0) is 108 Å². The van der Waals surface area contributed by atoms with Gasteiger partial charge < -0.3 is 54.4 Å². The summed E-state index contributed by atoms with van der Waals surface area (Å²) in [5.74, 6) is -5.94. The fraction of sp³-hybridized carbons (Fsp3) is 0.894. The van der Waals surface area contributed by atoms with Crippen LogP contribution in [-0.4, -0.2) is 99.1 Å². The molecule has 344 valence electrons. The summed E-state index contributed by atoms with van der Waals surface area (Å²) in [5, 5.41) is 42.3. The third-order valence-corrected chi connectivity index (χ3v) is 15.8. The van der Waals surface area contributed by atoms with Gasteiger partial charge in [0.25, 0.3) is 0 Å². The summed E-state index contributed by atoms with van der Waals surface area (Å²) in [6, 6.07) is -0.447. The molecule has 0 aromatic heterocycles. The number of carboxylic acids is 1. The number of carbonyl (C=O) groups is 2. The molecule has 0 saturated carbocycles. The van der Waals surface area contributed by atoms with Crippen LogP contribution in [0.15, 0.2) is 12.2 Å². The SMILES string of the molecule is CCCCNC(=S)N[C@H]1C=C[C@]2(O[C@H]([C@@H](CC)C(=O)[C@@H](C)[C@@H](O)[C@H](C)[C@@H]3O[C@@H]([C@@H](CC)C(=O)[O-])CC[C@@H]3C)[C@@H](C)C[C@H]2C)O[C@@]12CC[C@@](C)([C@H]1CC[C@](O)(CC)[C@H](C)O1)O2.[Na+]. The van der Waals surface area contributed by atoms with Crippen molar-refractivity contribution in [2.24, 2.45) is 41.4 Å². The van der Waals surface area contributed by atoms with Crippen LogP contribution in [0, 0.1) is 41.4 Å². The van der Waals surface area contributed by atoms with Gasteiger partial charge in [0, 0.05) is 48.5 Å². The number of aliphatic hydroxyl groups is 2. The van der Waals surface area contributed by atoms with E-state index in [1.54, 1.807) is 6.92 Å². The number of carboxylic acid groups (broad SMARTS) is 1. The van der Waals surface area contributed by atoms with Crippen molar-refractivity contribution in [2.75, 3.05) is 6.54 Å².